The molecule has 1 aromatic carbocycles. The molecule has 1 heterocycles. The maximum Gasteiger partial charge on any atom is 0.317 e. The van der Waals surface area contributed by atoms with E-state index in [0.717, 1.165) is 5.56 Å². The van der Waals surface area contributed by atoms with Crippen molar-refractivity contribution in [3.63, 3.8) is 0 Å². The monoisotopic (exact) mass is 312 g/mol. The highest BCUT2D eigenvalue weighted by atomic mass is 35.5. The summed E-state index contributed by atoms with van der Waals surface area (Å²) >= 11 is 5.93. The normalized spacial score (nSPS) is 17.6. The van der Waals surface area contributed by atoms with E-state index >= 15 is 0 Å². The Hall–Kier alpha value is -1.95. The third kappa shape index (κ3) is 3.78. The van der Waals surface area contributed by atoms with Gasteiger partial charge in [-0.05, 0) is 24.6 Å². The Balaban J connectivity index is 1.93. The van der Waals surface area contributed by atoms with Gasteiger partial charge in [0, 0.05) is 30.2 Å². The molecule has 2 rings (SSSR count). The first-order chi connectivity index (χ1) is 10.0. The van der Waals surface area contributed by atoms with Crippen LogP contribution in [0, 0.1) is 5.92 Å². The summed E-state index contributed by atoms with van der Waals surface area (Å²) in [5, 5.41) is 12.2. The molecule has 21 heavy (non-hydrogen) atoms. The summed E-state index contributed by atoms with van der Waals surface area (Å²) in [5.41, 5.74) is 0.771. The number of amides is 2. The zero-order valence-corrected chi connectivity index (χ0v) is 12.4. The molecular formula is C14H17ClN2O4. The highest BCUT2D eigenvalue weighted by Gasteiger charge is 2.30. The lowest BCUT2D eigenvalue weighted by Crippen LogP contribution is -2.38. The number of likely N-dealkylation sites (tertiary alicyclic amines) is 1. The van der Waals surface area contributed by atoms with Gasteiger partial charge >= 0.3 is 12.0 Å². The van der Waals surface area contributed by atoms with Crippen molar-refractivity contribution >= 4 is 23.6 Å². The number of halogens is 1. The minimum Gasteiger partial charge on any atom is -0.496 e. The molecule has 1 aromatic rings. The molecule has 1 unspecified atom stereocenters. The molecule has 0 bridgehead atoms. The van der Waals surface area contributed by atoms with E-state index in [9.17, 15) is 9.59 Å². The number of nitrogens with one attached hydrogen (secondary N) is 1. The predicted octanol–water partition coefficient (Wildman–Crippen LogP) is 1.96. The molecule has 0 aliphatic carbocycles. The first kappa shape index (κ1) is 15.4. The fraction of sp³-hybridized carbons (Fsp3) is 0.429. The minimum absolute atomic E-state index is 0.244. The number of carboxylic acid groups (broad SMARTS) is 1. The van der Waals surface area contributed by atoms with Crippen LogP contribution in [0.2, 0.25) is 5.02 Å². The standard InChI is InChI=1S/C14H17ClN2O4/c1-21-12-3-2-11(15)6-10(12)7-16-14(20)17-5-4-9(8-17)13(18)19/h2-3,6,9H,4-5,7-8H2,1H3,(H,16,20)(H,18,19). The van der Waals surface area contributed by atoms with E-state index in [1.54, 1.807) is 25.3 Å². The molecule has 0 saturated carbocycles. The highest BCUT2D eigenvalue weighted by Crippen LogP contribution is 2.22. The summed E-state index contributed by atoms with van der Waals surface area (Å²) in [4.78, 5) is 24.4. The van der Waals surface area contributed by atoms with Crippen molar-refractivity contribution in [2.45, 2.75) is 13.0 Å². The number of ether oxygens (including phenoxy) is 1. The number of carbonyl (C=O) groups excluding carboxylic acids is 1. The molecule has 7 heteroatoms. The first-order valence-corrected chi connectivity index (χ1v) is 6.97. The van der Waals surface area contributed by atoms with Gasteiger partial charge in [-0.25, -0.2) is 4.79 Å². The Labute approximate surface area is 127 Å². The summed E-state index contributed by atoms with van der Waals surface area (Å²) in [6, 6.07) is 4.90. The summed E-state index contributed by atoms with van der Waals surface area (Å²) in [6.45, 7) is 0.972. The quantitative estimate of drug-likeness (QED) is 0.891. The Kier molecular flexibility index (Phi) is 4.90. The second-order valence-corrected chi connectivity index (χ2v) is 5.32. The summed E-state index contributed by atoms with van der Waals surface area (Å²) in [5.74, 6) is -0.692. The van der Waals surface area contributed by atoms with Crippen LogP contribution in [0.3, 0.4) is 0 Å². The maximum atomic E-state index is 12.0. The number of carboxylic acids is 1. The predicted molar refractivity (Wildman–Crippen MR) is 77.6 cm³/mol. The molecule has 2 N–H and O–H groups in total. The summed E-state index contributed by atoms with van der Waals surface area (Å²) in [6.07, 6.45) is 0.489. The molecule has 1 fully saturated rings. The minimum atomic E-state index is -0.859. The van der Waals surface area contributed by atoms with Crippen LogP contribution in [0.1, 0.15) is 12.0 Å². The summed E-state index contributed by atoms with van der Waals surface area (Å²) < 4.78 is 5.21. The third-order valence-corrected chi connectivity index (χ3v) is 3.73. The van der Waals surface area contributed by atoms with Gasteiger partial charge < -0.3 is 20.1 Å². The van der Waals surface area contributed by atoms with Gasteiger partial charge in [-0.3, -0.25) is 4.79 Å². The maximum absolute atomic E-state index is 12.0. The lowest BCUT2D eigenvalue weighted by atomic mass is 10.1. The first-order valence-electron chi connectivity index (χ1n) is 6.59. The van der Waals surface area contributed by atoms with Crippen molar-refractivity contribution in [2.75, 3.05) is 20.2 Å². The van der Waals surface area contributed by atoms with Crippen molar-refractivity contribution in [3.05, 3.63) is 28.8 Å². The number of hydrogen-bond donors (Lipinski definition) is 2. The van der Waals surface area contributed by atoms with E-state index in [1.807, 2.05) is 0 Å². The van der Waals surface area contributed by atoms with Gasteiger partial charge in [0.05, 0.1) is 13.0 Å². The van der Waals surface area contributed by atoms with Gasteiger partial charge in [-0.2, -0.15) is 0 Å². The van der Waals surface area contributed by atoms with Gasteiger partial charge in [0.2, 0.25) is 0 Å². The average molecular weight is 313 g/mol. The number of rotatable bonds is 4. The smallest absolute Gasteiger partial charge is 0.317 e. The fourth-order valence-corrected chi connectivity index (χ4v) is 2.51. The van der Waals surface area contributed by atoms with Gasteiger partial charge in [0.15, 0.2) is 0 Å². The third-order valence-electron chi connectivity index (χ3n) is 3.50. The van der Waals surface area contributed by atoms with E-state index in [-0.39, 0.29) is 19.1 Å². The van der Waals surface area contributed by atoms with Gasteiger partial charge in [-0.1, -0.05) is 11.6 Å². The van der Waals surface area contributed by atoms with Gasteiger partial charge in [0.25, 0.3) is 0 Å². The molecule has 114 valence electrons. The molecule has 0 aromatic heterocycles. The van der Waals surface area contributed by atoms with E-state index < -0.39 is 11.9 Å². The number of nitrogens with zero attached hydrogens (tertiary/aromatic N) is 1. The van der Waals surface area contributed by atoms with Crippen molar-refractivity contribution in [1.82, 2.24) is 10.2 Å². The zero-order valence-electron chi connectivity index (χ0n) is 11.6. The molecule has 1 atom stereocenters. The Morgan fingerprint density at radius 1 is 1.52 bits per heavy atom. The van der Waals surface area contributed by atoms with Crippen LogP contribution in [-0.4, -0.2) is 42.2 Å². The van der Waals surface area contributed by atoms with Gasteiger partial charge in [-0.15, -0.1) is 0 Å². The van der Waals surface area contributed by atoms with Crippen molar-refractivity contribution in [3.8, 4) is 5.75 Å². The van der Waals surface area contributed by atoms with E-state index in [4.69, 9.17) is 21.4 Å². The number of aliphatic carboxylic acids is 1. The molecule has 0 spiro atoms. The fourth-order valence-electron chi connectivity index (χ4n) is 2.31. The van der Waals surface area contributed by atoms with E-state index in [1.165, 1.54) is 4.90 Å². The topological polar surface area (TPSA) is 78.9 Å². The van der Waals surface area contributed by atoms with Crippen LogP contribution < -0.4 is 10.1 Å². The molecule has 2 amide bonds. The van der Waals surface area contributed by atoms with Crippen LogP contribution in [0.25, 0.3) is 0 Å². The number of hydrogen-bond acceptors (Lipinski definition) is 3. The largest absolute Gasteiger partial charge is 0.496 e. The number of methoxy groups -OCH3 is 1. The van der Waals surface area contributed by atoms with Crippen LogP contribution in [0.4, 0.5) is 4.79 Å². The summed E-state index contributed by atoms with van der Waals surface area (Å²) in [7, 11) is 1.55. The molecule has 1 aliphatic rings. The zero-order chi connectivity index (χ0) is 15.4. The second kappa shape index (κ2) is 6.67. The lowest BCUT2D eigenvalue weighted by Gasteiger charge is -2.17. The SMILES string of the molecule is COc1ccc(Cl)cc1CNC(=O)N1CCC(C(=O)O)C1. The second-order valence-electron chi connectivity index (χ2n) is 4.88. The van der Waals surface area contributed by atoms with Gasteiger partial charge in [0.1, 0.15) is 5.75 Å². The van der Waals surface area contributed by atoms with E-state index in [0.29, 0.717) is 23.7 Å². The van der Waals surface area contributed by atoms with Crippen molar-refractivity contribution < 1.29 is 19.4 Å². The Morgan fingerprint density at radius 3 is 2.90 bits per heavy atom. The average Bonchev–Trinajstić information content (AvgIpc) is 2.95. The number of carbonyl (C=O) groups is 2. The molecular weight excluding hydrogens is 296 g/mol. The van der Waals surface area contributed by atoms with Crippen molar-refractivity contribution in [2.24, 2.45) is 5.92 Å². The van der Waals surface area contributed by atoms with Crippen LogP contribution in [-0.2, 0) is 11.3 Å². The molecule has 1 saturated heterocycles. The highest BCUT2D eigenvalue weighted by molar-refractivity contribution is 6.30. The Morgan fingerprint density at radius 2 is 2.29 bits per heavy atom. The number of urea groups is 1. The van der Waals surface area contributed by atoms with Crippen LogP contribution in [0.5, 0.6) is 5.75 Å². The van der Waals surface area contributed by atoms with E-state index in [2.05, 4.69) is 5.32 Å². The molecule has 6 nitrogen and oxygen atoms in total. The molecule has 0 radical (unpaired) electrons. The number of benzene rings is 1. The van der Waals surface area contributed by atoms with Crippen molar-refractivity contribution in [1.29, 1.82) is 0 Å². The Bertz CT molecular complexity index is 550. The van der Waals surface area contributed by atoms with Crippen LogP contribution >= 0.6 is 11.6 Å². The lowest BCUT2D eigenvalue weighted by molar-refractivity contribution is -0.141. The molecule has 1 aliphatic heterocycles. The van der Waals surface area contributed by atoms with Crippen LogP contribution in [0.15, 0.2) is 18.2 Å².